The number of nitrogens with one attached hydrogen (secondary N) is 1. The van der Waals surface area contributed by atoms with Gasteiger partial charge in [0, 0.05) is 38.4 Å². The smallest absolute Gasteiger partial charge is 0.124 e. The molecule has 0 saturated heterocycles. The van der Waals surface area contributed by atoms with Crippen molar-refractivity contribution in [3.8, 4) is 5.75 Å². The summed E-state index contributed by atoms with van der Waals surface area (Å²) in [5.41, 5.74) is 2.88. The van der Waals surface area contributed by atoms with E-state index in [9.17, 15) is 0 Å². The van der Waals surface area contributed by atoms with Crippen molar-refractivity contribution in [1.82, 2.24) is 0 Å². The summed E-state index contributed by atoms with van der Waals surface area (Å²) < 4.78 is 5.96. The molecule has 5 heteroatoms. The molecule has 0 aliphatic heterocycles. The number of benzene rings is 3. The zero-order valence-corrected chi connectivity index (χ0v) is 15.6. The molecule has 3 aromatic rings. The molecule has 0 atom stereocenters. The van der Waals surface area contributed by atoms with Crippen LogP contribution in [0, 0.1) is 0 Å². The van der Waals surface area contributed by atoms with Gasteiger partial charge in [0.05, 0.1) is 0 Å². The Kier molecular flexibility index (Phi) is 6.09. The molecule has 1 N–H and O–H groups in total. The first-order chi connectivity index (χ1) is 12.1. The largest absolute Gasteiger partial charge is 0.488 e. The van der Waals surface area contributed by atoms with Gasteiger partial charge in [0.15, 0.2) is 0 Å². The fraction of sp³-hybridized carbons (Fsp3) is 0.100. The minimum Gasteiger partial charge on any atom is -0.488 e. The third kappa shape index (κ3) is 5.05. The molecule has 0 amide bonds. The van der Waals surface area contributed by atoms with E-state index in [2.05, 4.69) is 5.32 Å². The summed E-state index contributed by atoms with van der Waals surface area (Å²) in [5.74, 6) is 0.769. The summed E-state index contributed by atoms with van der Waals surface area (Å²) in [5, 5.41) is 5.40. The second-order valence-electron chi connectivity index (χ2n) is 5.49. The molecule has 2 nitrogen and oxygen atoms in total. The van der Waals surface area contributed by atoms with Crippen LogP contribution in [-0.2, 0) is 13.2 Å². The Morgan fingerprint density at radius 1 is 0.760 bits per heavy atom. The van der Waals surface area contributed by atoms with E-state index in [-0.39, 0.29) is 0 Å². The minimum atomic E-state index is 0.398. The second-order valence-corrected chi connectivity index (χ2v) is 6.77. The Labute approximate surface area is 162 Å². The Hall–Kier alpha value is -1.87. The maximum Gasteiger partial charge on any atom is 0.124 e. The second kappa shape index (κ2) is 8.48. The van der Waals surface area contributed by atoms with Crippen molar-refractivity contribution in [2.24, 2.45) is 0 Å². The summed E-state index contributed by atoms with van der Waals surface area (Å²) in [7, 11) is 0. The van der Waals surface area contributed by atoms with Gasteiger partial charge in [0.1, 0.15) is 12.4 Å². The lowest BCUT2D eigenvalue weighted by Crippen LogP contribution is -2.04. The van der Waals surface area contributed by atoms with E-state index in [1.165, 1.54) is 0 Å². The zero-order valence-electron chi connectivity index (χ0n) is 13.3. The van der Waals surface area contributed by atoms with Crippen molar-refractivity contribution in [1.29, 1.82) is 0 Å². The van der Waals surface area contributed by atoms with Crippen LogP contribution >= 0.6 is 34.8 Å². The fourth-order valence-electron chi connectivity index (χ4n) is 2.36. The minimum absolute atomic E-state index is 0.398. The molecule has 0 saturated carbocycles. The lowest BCUT2D eigenvalue weighted by Gasteiger charge is -2.14. The van der Waals surface area contributed by atoms with Crippen molar-refractivity contribution in [3.63, 3.8) is 0 Å². The molecule has 0 radical (unpaired) electrons. The van der Waals surface area contributed by atoms with Crippen LogP contribution in [0.25, 0.3) is 0 Å². The number of ether oxygens (including phenoxy) is 1. The van der Waals surface area contributed by atoms with Gasteiger partial charge < -0.3 is 10.1 Å². The van der Waals surface area contributed by atoms with Crippen LogP contribution < -0.4 is 10.1 Å². The van der Waals surface area contributed by atoms with Gasteiger partial charge in [-0.2, -0.15) is 0 Å². The highest BCUT2D eigenvalue weighted by atomic mass is 35.5. The summed E-state index contributed by atoms with van der Waals surface area (Å²) in [6.07, 6.45) is 0. The predicted octanol–water partition coefficient (Wildman–Crippen LogP) is 6.84. The van der Waals surface area contributed by atoms with Crippen LogP contribution in [0.1, 0.15) is 11.1 Å². The molecule has 0 heterocycles. The number of anilines is 1. The molecular formula is C20H16Cl3NO. The highest BCUT2D eigenvalue weighted by Crippen LogP contribution is 2.26. The molecular weight excluding hydrogens is 377 g/mol. The summed E-state index contributed by atoms with van der Waals surface area (Å²) >= 11 is 18.2. The average Bonchev–Trinajstić information content (AvgIpc) is 2.62. The molecule has 0 spiro atoms. The van der Waals surface area contributed by atoms with Crippen molar-refractivity contribution in [2.75, 3.05) is 5.32 Å². The quantitative estimate of drug-likeness (QED) is 0.496. The van der Waals surface area contributed by atoms with Gasteiger partial charge in [-0.05, 0) is 48.5 Å². The van der Waals surface area contributed by atoms with Crippen LogP contribution in [0.2, 0.25) is 15.1 Å². The van der Waals surface area contributed by atoms with Gasteiger partial charge in [-0.3, -0.25) is 0 Å². The Balaban J connectivity index is 1.71. The van der Waals surface area contributed by atoms with Gasteiger partial charge >= 0.3 is 0 Å². The van der Waals surface area contributed by atoms with E-state index in [4.69, 9.17) is 39.5 Å². The number of hydrogen-bond acceptors (Lipinski definition) is 2. The lowest BCUT2D eigenvalue weighted by molar-refractivity contribution is 0.303. The predicted molar refractivity (Wildman–Crippen MR) is 106 cm³/mol. The third-order valence-corrected chi connectivity index (χ3v) is 4.55. The van der Waals surface area contributed by atoms with E-state index < -0.39 is 0 Å². The van der Waals surface area contributed by atoms with Crippen LogP contribution in [0.3, 0.4) is 0 Å². The van der Waals surface area contributed by atoms with Crippen molar-refractivity contribution in [3.05, 3.63) is 92.9 Å². The highest BCUT2D eigenvalue weighted by Gasteiger charge is 2.07. The first-order valence-corrected chi connectivity index (χ1v) is 8.89. The SMILES string of the molecule is Clc1ccc(NCc2cc(Cl)ccc2OCc2ccccc2Cl)cc1. The molecule has 0 unspecified atom stereocenters. The van der Waals surface area contributed by atoms with Crippen molar-refractivity contribution >= 4 is 40.5 Å². The lowest BCUT2D eigenvalue weighted by atomic mass is 10.2. The molecule has 0 bridgehead atoms. The van der Waals surface area contributed by atoms with Gasteiger partial charge in [-0.25, -0.2) is 0 Å². The number of hydrogen-bond donors (Lipinski definition) is 1. The molecule has 128 valence electrons. The summed E-state index contributed by atoms with van der Waals surface area (Å²) in [4.78, 5) is 0. The van der Waals surface area contributed by atoms with Gasteiger partial charge in [-0.15, -0.1) is 0 Å². The fourth-order valence-corrected chi connectivity index (χ4v) is 2.87. The Morgan fingerprint density at radius 3 is 2.24 bits per heavy atom. The van der Waals surface area contributed by atoms with Gasteiger partial charge in [0.25, 0.3) is 0 Å². The Morgan fingerprint density at radius 2 is 1.48 bits per heavy atom. The van der Waals surface area contributed by atoms with Crippen LogP contribution in [0.4, 0.5) is 5.69 Å². The molecule has 0 aliphatic rings. The number of halogens is 3. The molecule has 3 rings (SSSR count). The first kappa shape index (κ1) is 17.9. The van der Waals surface area contributed by atoms with Crippen LogP contribution in [0.15, 0.2) is 66.7 Å². The maximum absolute atomic E-state index is 6.19. The monoisotopic (exact) mass is 391 g/mol. The van der Waals surface area contributed by atoms with E-state index >= 15 is 0 Å². The molecule has 3 aromatic carbocycles. The third-order valence-electron chi connectivity index (χ3n) is 3.69. The summed E-state index contributed by atoms with van der Waals surface area (Å²) in [6.45, 7) is 0.981. The van der Waals surface area contributed by atoms with E-state index in [1.54, 1.807) is 0 Å². The zero-order chi connectivity index (χ0) is 17.6. The summed E-state index contributed by atoms with van der Waals surface area (Å²) in [6, 6.07) is 20.8. The van der Waals surface area contributed by atoms with Gasteiger partial charge in [0.2, 0.25) is 0 Å². The van der Waals surface area contributed by atoms with Crippen molar-refractivity contribution in [2.45, 2.75) is 13.2 Å². The maximum atomic E-state index is 6.19. The van der Waals surface area contributed by atoms with E-state index in [1.807, 2.05) is 66.7 Å². The van der Waals surface area contributed by atoms with Crippen LogP contribution in [-0.4, -0.2) is 0 Å². The average molecular weight is 393 g/mol. The normalized spacial score (nSPS) is 10.5. The van der Waals surface area contributed by atoms with E-state index in [0.29, 0.717) is 28.2 Å². The first-order valence-electron chi connectivity index (χ1n) is 7.76. The molecule has 0 fully saturated rings. The topological polar surface area (TPSA) is 21.3 Å². The molecule has 25 heavy (non-hydrogen) atoms. The van der Waals surface area contributed by atoms with Crippen LogP contribution in [0.5, 0.6) is 5.75 Å². The Bertz CT molecular complexity index is 850. The standard InChI is InChI=1S/C20H16Cl3NO/c21-16-5-8-18(9-6-16)24-12-15-11-17(22)7-10-20(15)25-13-14-3-1-2-4-19(14)23/h1-11,24H,12-13H2. The van der Waals surface area contributed by atoms with Crippen molar-refractivity contribution < 1.29 is 4.74 Å². The number of rotatable bonds is 6. The highest BCUT2D eigenvalue weighted by molar-refractivity contribution is 6.31. The molecule has 0 aliphatic carbocycles. The molecule has 0 aromatic heterocycles. The van der Waals surface area contributed by atoms with Gasteiger partial charge in [-0.1, -0.05) is 53.0 Å². The van der Waals surface area contributed by atoms with E-state index in [0.717, 1.165) is 22.6 Å².